The molecule has 37 heavy (non-hydrogen) atoms. The predicted molar refractivity (Wildman–Crippen MR) is 144 cm³/mol. The lowest BCUT2D eigenvalue weighted by molar-refractivity contribution is 0.383. The van der Waals surface area contributed by atoms with Gasteiger partial charge >= 0.3 is 0 Å². The average Bonchev–Trinajstić information content (AvgIpc) is 3.36. The molecule has 5 rings (SSSR count). The van der Waals surface area contributed by atoms with Crippen molar-refractivity contribution < 1.29 is 13.2 Å². The number of rotatable bonds is 7. The number of piperazine rings is 1. The van der Waals surface area contributed by atoms with Crippen molar-refractivity contribution in [2.75, 3.05) is 38.2 Å². The van der Waals surface area contributed by atoms with Crippen LogP contribution in [0.15, 0.2) is 59.6 Å². The summed E-state index contributed by atoms with van der Waals surface area (Å²) in [7, 11) is -2.06. The first-order valence-corrected chi connectivity index (χ1v) is 14.0. The number of hydrogen-bond acceptors (Lipinski definition) is 7. The van der Waals surface area contributed by atoms with Gasteiger partial charge in [0.15, 0.2) is 5.65 Å². The monoisotopic (exact) mass is 540 g/mol. The van der Waals surface area contributed by atoms with Crippen LogP contribution in [0.5, 0.6) is 5.75 Å². The van der Waals surface area contributed by atoms with Crippen LogP contribution in [0.25, 0.3) is 16.7 Å². The average molecular weight is 541 g/mol. The molecular formula is C26H29ClN6O3S. The van der Waals surface area contributed by atoms with E-state index >= 15 is 0 Å². The lowest BCUT2D eigenvalue weighted by atomic mass is 10.1. The highest BCUT2D eigenvalue weighted by atomic mass is 35.5. The number of halogens is 1. The Labute approximate surface area is 221 Å². The molecule has 9 nitrogen and oxygen atoms in total. The topological polar surface area (TPSA) is 93.5 Å². The highest BCUT2D eigenvalue weighted by molar-refractivity contribution is 7.89. The summed E-state index contributed by atoms with van der Waals surface area (Å²) in [5.41, 5.74) is 1.43. The van der Waals surface area contributed by atoms with Crippen molar-refractivity contribution in [3.63, 3.8) is 0 Å². The van der Waals surface area contributed by atoms with Crippen LogP contribution in [0.2, 0.25) is 5.02 Å². The van der Waals surface area contributed by atoms with E-state index < -0.39 is 10.0 Å². The summed E-state index contributed by atoms with van der Waals surface area (Å²) in [4.78, 5) is 12.2. The molecule has 3 heterocycles. The molecule has 1 fully saturated rings. The van der Waals surface area contributed by atoms with Crippen molar-refractivity contribution >= 4 is 38.5 Å². The van der Waals surface area contributed by atoms with E-state index in [1.54, 1.807) is 42.3 Å². The molecule has 0 amide bonds. The Balaban J connectivity index is 1.47. The van der Waals surface area contributed by atoms with E-state index in [2.05, 4.69) is 23.8 Å². The van der Waals surface area contributed by atoms with Crippen molar-refractivity contribution in [2.45, 2.75) is 31.1 Å². The van der Waals surface area contributed by atoms with Gasteiger partial charge in [-0.15, -0.1) is 0 Å². The highest BCUT2D eigenvalue weighted by Gasteiger charge is 2.30. The fourth-order valence-corrected chi connectivity index (χ4v) is 6.03. The Morgan fingerprint density at radius 2 is 1.73 bits per heavy atom. The van der Waals surface area contributed by atoms with Gasteiger partial charge in [-0.05, 0) is 42.8 Å². The molecule has 11 heteroatoms. The van der Waals surface area contributed by atoms with Crippen LogP contribution in [-0.4, -0.2) is 65.8 Å². The van der Waals surface area contributed by atoms with Gasteiger partial charge in [-0.2, -0.15) is 9.40 Å². The smallest absolute Gasteiger partial charge is 0.243 e. The van der Waals surface area contributed by atoms with E-state index in [0.717, 1.165) is 29.1 Å². The second-order valence-corrected chi connectivity index (χ2v) is 11.4. The maximum atomic E-state index is 13.2. The molecular weight excluding hydrogens is 512 g/mol. The first kappa shape index (κ1) is 25.4. The summed E-state index contributed by atoms with van der Waals surface area (Å²) in [6.45, 7) is 5.89. The molecule has 0 spiro atoms. The summed E-state index contributed by atoms with van der Waals surface area (Å²) in [6.07, 6.45) is 2.65. The number of nitrogens with zero attached hydrogens (tertiary/aromatic N) is 6. The summed E-state index contributed by atoms with van der Waals surface area (Å²) in [5.74, 6) is 2.26. The van der Waals surface area contributed by atoms with E-state index in [0.29, 0.717) is 42.6 Å². The number of methoxy groups -OCH3 is 1. The van der Waals surface area contributed by atoms with Gasteiger partial charge in [-0.25, -0.2) is 23.1 Å². The van der Waals surface area contributed by atoms with Gasteiger partial charge in [0.1, 0.15) is 17.4 Å². The third-order valence-corrected chi connectivity index (χ3v) is 9.03. The minimum absolute atomic E-state index is 0.148. The van der Waals surface area contributed by atoms with E-state index in [9.17, 15) is 8.42 Å². The quantitative estimate of drug-likeness (QED) is 0.340. The maximum absolute atomic E-state index is 13.2. The largest absolute Gasteiger partial charge is 0.497 e. The standard InChI is InChI=1S/C26H29ClN6O3S/c1-4-18(2)24-29-25(21-17-28-33(26(21)30-24)23-8-6-5-7-22(23)27)31-13-15-32(16-14-31)37(34,35)20-11-9-19(36-3)10-12-20/h5-12,17-18H,4,13-16H2,1-3H3/t18-/m1/s1. The SMILES string of the molecule is CC[C@@H](C)c1nc(N2CCN(S(=O)(=O)c3ccc(OC)cc3)CC2)c2cnn(-c3ccccc3Cl)c2n1. The van der Waals surface area contributed by atoms with E-state index in [1.807, 2.05) is 24.3 Å². The van der Waals surface area contributed by atoms with Gasteiger partial charge < -0.3 is 9.64 Å². The number of hydrogen-bond donors (Lipinski definition) is 0. The second-order valence-electron chi connectivity index (χ2n) is 9.03. The summed E-state index contributed by atoms with van der Waals surface area (Å²) >= 11 is 6.48. The molecule has 194 valence electrons. The van der Waals surface area contributed by atoms with Crippen LogP contribution >= 0.6 is 11.6 Å². The molecule has 2 aromatic carbocycles. The molecule has 1 saturated heterocycles. The number of fused-ring (bicyclic) bond motifs is 1. The van der Waals surface area contributed by atoms with E-state index in [1.165, 1.54) is 4.31 Å². The van der Waals surface area contributed by atoms with Crippen molar-refractivity contribution in [3.05, 3.63) is 65.6 Å². The van der Waals surface area contributed by atoms with Gasteiger partial charge in [0, 0.05) is 32.1 Å². The molecule has 0 bridgehead atoms. The van der Waals surface area contributed by atoms with Crippen molar-refractivity contribution in [3.8, 4) is 11.4 Å². The Kier molecular flexibility index (Phi) is 7.06. The minimum atomic E-state index is -3.61. The summed E-state index contributed by atoms with van der Waals surface area (Å²) < 4.78 is 34.9. The number of aromatic nitrogens is 4. The van der Waals surface area contributed by atoms with E-state index in [4.69, 9.17) is 26.3 Å². The molecule has 1 aliphatic rings. The van der Waals surface area contributed by atoms with Gasteiger partial charge in [0.25, 0.3) is 0 Å². The number of ether oxygens (including phenoxy) is 1. The van der Waals surface area contributed by atoms with Gasteiger partial charge in [-0.3, -0.25) is 0 Å². The normalized spacial score (nSPS) is 15.7. The molecule has 1 aliphatic heterocycles. The molecule has 0 unspecified atom stereocenters. The highest BCUT2D eigenvalue weighted by Crippen LogP contribution is 2.31. The zero-order valence-electron chi connectivity index (χ0n) is 21.0. The van der Waals surface area contributed by atoms with Crippen molar-refractivity contribution in [1.29, 1.82) is 0 Å². The van der Waals surface area contributed by atoms with Crippen molar-refractivity contribution in [2.24, 2.45) is 0 Å². The molecule has 0 saturated carbocycles. The lowest BCUT2D eigenvalue weighted by Crippen LogP contribution is -2.49. The van der Waals surface area contributed by atoms with Crippen LogP contribution in [0.1, 0.15) is 32.0 Å². The molecule has 2 aromatic heterocycles. The molecule has 0 aliphatic carbocycles. The van der Waals surface area contributed by atoms with Crippen molar-refractivity contribution in [1.82, 2.24) is 24.1 Å². The molecule has 0 radical (unpaired) electrons. The van der Waals surface area contributed by atoms with Crippen LogP contribution in [-0.2, 0) is 10.0 Å². The van der Waals surface area contributed by atoms with Crippen LogP contribution in [0.4, 0.5) is 5.82 Å². The Bertz CT molecular complexity index is 1520. The zero-order valence-corrected chi connectivity index (χ0v) is 22.6. The predicted octanol–water partition coefficient (Wildman–Crippen LogP) is 4.50. The fourth-order valence-electron chi connectivity index (χ4n) is 4.39. The molecule has 1 atom stereocenters. The Morgan fingerprint density at radius 3 is 2.38 bits per heavy atom. The van der Waals surface area contributed by atoms with Gasteiger partial charge in [-0.1, -0.05) is 37.6 Å². The number of anilines is 1. The zero-order chi connectivity index (χ0) is 26.2. The summed E-state index contributed by atoms with van der Waals surface area (Å²) in [5, 5.41) is 5.99. The molecule has 4 aromatic rings. The fraction of sp³-hybridized carbons (Fsp3) is 0.346. The first-order chi connectivity index (χ1) is 17.8. The first-order valence-electron chi connectivity index (χ1n) is 12.2. The van der Waals surface area contributed by atoms with Crippen LogP contribution in [0.3, 0.4) is 0 Å². The third-order valence-electron chi connectivity index (χ3n) is 6.79. The molecule has 0 N–H and O–H groups in total. The number of sulfonamides is 1. The van der Waals surface area contributed by atoms with Crippen LogP contribution < -0.4 is 9.64 Å². The van der Waals surface area contributed by atoms with Crippen LogP contribution in [0, 0.1) is 0 Å². The van der Waals surface area contributed by atoms with Gasteiger partial charge in [0.05, 0.1) is 34.3 Å². The van der Waals surface area contributed by atoms with E-state index in [-0.39, 0.29) is 10.8 Å². The number of benzene rings is 2. The minimum Gasteiger partial charge on any atom is -0.497 e. The lowest BCUT2D eigenvalue weighted by Gasteiger charge is -2.35. The van der Waals surface area contributed by atoms with Gasteiger partial charge in [0.2, 0.25) is 10.0 Å². The Morgan fingerprint density at radius 1 is 1.03 bits per heavy atom. The maximum Gasteiger partial charge on any atom is 0.243 e. The summed E-state index contributed by atoms with van der Waals surface area (Å²) in [6, 6.07) is 14.0. The third kappa shape index (κ3) is 4.76. The number of para-hydroxylation sites is 1. The Hall–Kier alpha value is -3.21. The second kappa shape index (κ2) is 10.3.